The molecule has 0 aliphatic carbocycles. The third-order valence-electron chi connectivity index (χ3n) is 4.91. The minimum atomic E-state index is -0.309. The van der Waals surface area contributed by atoms with Crippen molar-refractivity contribution in [2.45, 2.75) is 32.2 Å². The molecule has 0 bridgehead atoms. The van der Waals surface area contributed by atoms with Gasteiger partial charge in [-0.05, 0) is 23.8 Å². The van der Waals surface area contributed by atoms with E-state index in [0.717, 1.165) is 11.3 Å². The number of aromatic nitrogens is 2. The molecule has 0 aliphatic rings. The number of aromatic amines is 1. The SMILES string of the molecule is CC(C)c1nc(C[C@H](NC(=O)c2cccc(N(C)C)c2)c2ccccc2)cc(=O)[nH]1. The maximum absolute atomic E-state index is 13.0. The zero-order valence-corrected chi connectivity index (χ0v) is 17.8. The van der Waals surface area contributed by atoms with Gasteiger partial charge in [-0.1, -0.05) is 50.2 Å². The fourth-order valence-electron chi connectivity index (χ4n) is 3.22. The number of amides is 1. The lowest BCUT2D eigenvalue weighted by Crippen LogP contribution is -2.31. The molecule has 0 unspecified atom stereocenters. The molecule has 1 aromatic heterocycles. The van der Waals surface area contributed by atoms with Gasteiger partial charge in [0.1, 0.15) is 5.82 Å². The van der Waals surface area contributed by atoms with Gasteiger partial charge >= 0.3 is 0 Å². The van der Waals surface area contributed by atoms with Gasteiger partial charge in [0.2, 0.25) is 0 Å². The number of benzene rings is 2. The summed E-state index contributed by atoms with van der Waals surface area (Å²) in [6.07, 6.45) is 0.423. The summed E-state index contributed by atoms with van der Waals surface area (Å²) in [6.45, 7) is 3.96. The molecule has 0 radical (unpaired) electrons. The van der Waals surface area contributed by atoms with Crippen LogP contribution in [0.5, 0.6) is 0 Å². The Morgan fingerprint density at radius 2 is 1.80 bits per heavy atom. The molecule has 2 N–H and O–H groups in total. The first-order chi connectivity index (χ1) is 14.3. The van der Waals surface area contributed by atoms with E-state index >= 15 is 0 Å². The summed E-state index contributed by atoms with van der Waals surface area (Å²) in [5.41, 5.74) is 2.97. The van der Waals surface area contributed by atoms with E-state index in [9.17, 15) is 9.59 Å². The lowest BCUT2D eigenvalue weighted by molar-refractivity contribution is 0.0936. The van der Waals surface area contributed by atoms with Crippen LogP contribution in [0.4, 0.5) is 5.69 Å². The van der Waals surface area contributed by atoms with Gasteiger partial charge in [0.05, 0.1) is 11.7 Å². The van der Waals surface area contributed by atoms with Gasteiger partial charge in [-0.2, -0.15) is 0 Å². The predicted molar refractivity (Wildman–Crippen MR) is 120 cm³/mol. The summed E-state index contributed by atoms with van der Waals surface area (Å²) in [6, 6.07) is 18.4. The topological polar surface area (TPSA) is 78.1 Å². The molecule has 0 saturated carbocycles. The fraction of sp³-hybridized carbons (Fsp3) is 0.292. The van der Waals surface area contributed by atoms with Crippen LogP contribution in [-0.2, 0) is 6.42 Å². The van der Waals surface area contributed by atoms with Crippen molar-refractivity contribution < 1.29 is 4.79 Å². The van der Waals surface area contributed by atoms with Gasteiger partial charge in [-0.25, -0.2) is 4.98 Å². The summed E-state index contributed by atoms with van der Waals surface area (Å²) in [5.74, 6) is 0.590. The zero-order valence-electron chi connectivity index (χ0n) is 17.8. The first kappa shape index (κ1) is 21.3. The van der Waals surface area contributed by atoms with Crippen molar-refractivity contribution in [3.05, 3.63) is 93.7 Å². The van der Waals surface area contributed by atoms with Crippen LogP contribution in [0.1, 0.15) is 53.2 Å². The second kappa shape index (κ2) is 9.39. The van der Waals surface area contributed by atoms with Crippen molar-refractivity contribution in [2.24, 2.45) is 0 Å². The number of H-pyrrole nitrogens is 1. The van der Waals surface area contributed by atoms with Crippen molar-refractivity contribution in [3.8, 4) is 0 Å². The molecule has 3 rings (SSSR count). The Kier molecular flexibility index (Phi) is 6.67. The van der Waals surface area contributed by atoms with Gasteiger partial charge in [-0.15, -0.1) is 0 Å². The number of carbonyl (C=O) groups is 1. The third-order valence-corrected chi connectivity index (χ3v) is 4.91. The maximum atomic E-state index is 13.0. The Bertz CT molecular complexity index is 1060. The summed E-state index contributed by atoms with van der Waals surface area (Å²) in [4.78, 5) is 34.5. The fourth-order valence-corrected chi connectivity index (χ4v) is 3.22. The van der Waals surface area contributed by atoms with E-state index in [1.165, 1.54) is 6.07 Å². The highest BCUT2D eigenvalue weighted by Gasteiger charge is 2.18. The number of hydrogen-bond donors (Lipinski definition) is 2. The van der Waals surface area contributed by atoms with Crippen LogP contribution in [0.15, 0.2) is 65.5 Å². The first-order valence-corrected chi connectivity index (χ1v) is 10.1. The minimum Gasteiger partial charge on any atom is -0.378 e. The van der Waals surface area contributed by atoms with Crippen molar-refractivity contribution in [3.63, 3.8) is 0 Å². The number of nitrogens with zero attached hydrogens (tertiary/aromatic N) is 2. The third kappa shape index (κ3) is 5.35. The molecule has 30 heavy (non-hydrogen) atoms. The summed E-state index contributed by atoms with van der Waals surface area (Å²) >= 11 is 0. The lowest BCUT2D eigenvalue weighted by Gasteiger charge is -2.20. The second-order valence-electron chi connectivity index (χ2n) is 7.86. The van der Waals surface area contributed by atoms with Gasteiger partial charge in [0.25, 0.3) is 11.5 Å². The van der Waals surface area contributed by atoms with E-state index in [1.807, 2.05) is 81.4 Å². The van der Waals surface area contributed by atoms with Gasteiger partial charge in [-0.3, -0.25) is 9.59 Å². The van der Waals surface area contributed by atoms with E-state index in [4.69, 9.17) is 0 Å². The van der Waals surface area contributed by atoms with E-state index in [2.05, 4.69) is 15.3 Å². The van der Waals surface area contributed by atoms with Gasteiger partial charge in [0.15, 0.2) is 0 Å². The summed E-state index contributed by atoms with van der Waals surface area (Å²) in [7, 11) is 3.88. The van der Waals surface area contributed by atoms with E-state index < -0.39 is 0 Å². The van der Waals surface area contributed by atoms with E-state index in [1.54, 1.807) is 6.07 Å². The molecule has 1 heterocycles. The second-order valence-corrected chi connectivity index (χ2v) is 7.86. The molecule has 0 fully saturated rings. The molecule has 1 amide bonds. The smallest absolute Gasteiger partial charge is 0.251 e. The molecular formula is C24H28N4O2. The molecule has 0 aliphatic heterocycles. The minimum absolute atomic E-state index is 0.108. The van der Waals surface area contributed by atoms with E-state index in [0.29, 0.717) is 23.5 Å². The number of rotatable bonds is 7. The zero-order chi connectivity index (χ0) is 21.7. The normalized spacial score (nSPS) is 11.9. The van der Waals surface area contributed by atoms with Crippen LogP contribution >= 0.6 is 0 Å². The highest BCUT2D eigenvalue weighted by atomic mass is 16.1. The molecule has 2 aromatic carbocycles. The molecule has 0 spiro atoms. The number of anilines is 1. The lowest BCUT2D eigenvalue weighted by atomic mass is 10.0. The molecule has 1 atom stereocenters. The van der Waals surface area contributed by atoms with Crippen LogP contribution < -0.4 is 15.8 Å². The highest BCUT2D eigenvalue weighted by Crippen LogP contribution is 2.20. The maximum Gasteiger partial charge on any atom is 0.251 e. The average molecular weight is 405 g/mol. The van der Waals surface area contributed by atoms with Crippen LogP contribution in [0.25, 0.3) is 0 Å². The van der Waals surface area contributed by atoms with Gasteiger partial charge < -0.3 is 15.2 Å². The van der Waals surface area contributed by atoms with Crippen molar-refractivity contribution in [2.75, 3.05) is 19.0 Å². The highest BCUT2D eigenvalue weighted by molar-refractivity contribution is 5.95. The van der Waals surface area contributed by atoms with Crippen LogP contribution in [0, 0.1) is 0 Å². The number of hydrogen-bond acceptors (Lipinski definition) is 4. The monoisotopic (exact) mass is 404 g/mol. The Morgan fingerprint density at radius 1 is 1.07 bits per heavy atom. The largest absolute Gasteiger partial charge is 0.378 e. The quantitative estimate of drug-likeness (QED) is 0.630. The summed E-state index contributed by atoms with van der Waals surface area (Å²) < 4.78 is 0. The van der Waals surface area contributed by atoms with Crippen LogP contribution in [-0.4, -0.2) is 30.0 Å². The standard InChI is InChI=1S/C24H28N4O2/c1-16(2)23-25-19(15-22(29)27-23)14-21(17-9-6-5-7-10-17)26-24(30)18-11-8-12-20(13-18)28(3)4/h5-13,15-16,21H,14H2,1-4H3,(H,26,30)(H,25,27,29)/t21-/m0/s1. The molecule has 156 valence electrons. The predicted octanol–water partition coefficient (Wildman–Crippen LogP) is 3.67. The average Bonchev–Trinajstić information content (AvgIpc) is 2.73. The Hall–Kier alpha value is -3.41. The van der Waals surface area contributed by atoms with Crippen LogP contribution in [0.3, 0.4) is 0 Å². The first-order valence-electron chi connectivity index (χ1n) is 10.1. The van der Waals surface area contributed by atoms with Crippen molar-refractivity contribution >= 4 is 11.6 Å². The van der Waals surface area contributed by atoms with Crippen LogP contribution in [0.2, 0.25) is 0 Å². The Morgan fingerprint density at radius 3 is 2.47 bits per heavy atom. The van der Waals surface area contributed by atoms with E-state index in [-0.39, 0.29) is 23.4 Å². The Balaban J connectivity index is 1.90. The molecule has 0 saturated heterocycles. The summed E-state index contributed by atoms with van der Waals surface area (Å²) in [5, 5.41) is 3.12. The Labute approximate surface area is 177 Å². The number of carbonyl (C=O) groups excluding carboxylic acids is 1. The van der Waals surface area contributed by atoms with Gasteiger partial charge in [0, 0.05) is 43.8 Å². The molecule has 6 heteroatoms. The van der Waals surface area contributed by atoms with Crippen molar-refractivity contribution in [1.82, 2.24) is 15.3 Å². The van der Waals surface area contributed by atoms with Crippen molar-refractivity contribution in [1.29, 1.82) is 0 Å². The molecule has 6 nitrogen and oxygen atoms in total. The molecule has 3 aromatic rings. The molecular weight excluding hydrogens is 376 g/mol. The number of nitrogens with one attached hydrogen (secondary N) is 2.